The van der Waals surface area contributed by atoms with Crippen molar-refractivity contribution in [3.8, 4) is 11.5 Å². The molecule has 8 nitrogen and oxygen atoms in total. The molecule has 27 heavy (non-hydrogen) atoms. The van der Waals surface area contributed by atoms with Crippen LogP contribution in [0.15, 0.2) is 22.7 Å². The van der Waals surface area contributed by atoms with Crippen LogP contribution in [0.1, 0.15) is 48.1 Å². The standard InChI is InChI=1S/C19H24N2O6/c1-4-14-13(15(5-2)27-21-14)10-20-19(24)12-7-8-16(26-11-18(22)23)17(9-12)25-6-3/h7-9H,4-6,10-11H2,1-3H3,(H,20,24)(H,22,23). The van der Waals surface area contributed by atoms with Crippen LogP contribution in [0.4, 0.5) is 0 Å². The van der Waals surface area contributed by atoms with E-state index in [1.807, 2.05) is 13.8 Å². The number of hydrogen-bond acceptors (Lipinski definition) is 6. The highest BCUT2D eigenvalue weighted by atomic mass is 16.5. The van der Waals surface area contributed by atoms with Gasteiger partial charge in [-0.2, -0.15) is 0 Å². The van der Waals surface area contributed by atoms with E-state index in [1.165, 1.54) is 12.1 Å². The number of nitrogens with one attached hydrogen (secondary N) is 1. The van der Waals surface area contributed by atoms with Crippen molar-refractivity contribution in [1.29, 1.82) is 0 Å². The van der Waals surface area contributed by atoms with E-state index in [-0.39, 0.29) is 11.7 Å². The number of aryl methyl sites for hydroxylation is 2. The Kier molecular flexibility index (Phi) is 7.22. The number of ether oxygens (including phenoxy) is 2. The van der Waals surface area contributed by atoms with Gasteiger partial charge in [0.25, 0.3) is 5.91 Å². The van der Waals surface area contributed by atoms with Gasteiger partial charge < -0.3 is 24.4 Å². The summed E-state index contributed by atoms with van der Waals surface area (Å²) in [5.41, 5.74) is 2.12. The Labute approximate surface area is 157 Å². The minimum Gasteiger partial charge on any atom is -0.490 e. The molecule has 1 aromatic heterocycles. The van der Waals surface area contributed by atoms with Crippen LogP contribution in [-0.2, 0) is 24.2 Å². The molecular weight excluding hydrogens is 352 g/mol. The molecule has 8 heteroatoms. The Morgan fingerprint density at radius 2 is 1.93 bits per heavy atom. The molecule has 2 aromatic rings. The fraction of sp³-hybridized carbons (Fsp3) is 0.421. The number of carbonyl (C=O) groups is 2. The Hall–Kier alpha value is -3.03. The molecule has 2 N–H and O–H groups in total. The van der Waals surface area contributed by atoms with Crippen molar-refractivity contribution < 1.29 is 28.7 Å². The maximum absolute atomic E-state index is 12.5. The van der Waals surface area contributed by atoms with Crippen molar-refractivity contribution in [2.45, 2.75) is 40.2 Å². The molecule has 0 spiro atoms. The van der Waals surface area contributed by atoms with E-state index in [2.05, 4.69) is 10.5 Å². The summed E-state index contributed by atoms with van der Waals surface area (Å²) in [5.74, 6) is -0.0201. The van der Waals surface area contributed by atoms with Gasteiger partial charge in [0.2, 0.25) is 0 Å². The first-order valence-corrected chi connectivity index (χ1v) is 8.85. The molecule has 1 aromatic carbocycles. The lowest BCUT2D eigenvalue weighted by atomic mass is 10.1. The molecule has 1 heterocycles. The van der Waals surface area contributed by atoms with Crippen molar-refractivity contribution in [3.63, 3.8) is 0 Å². The zero-order valence-electron chi connectivity index (χ0n) is 15.7. The predicted octanol–water partition coefficient (Wildman–Crippen LogP) is 2.59. The molecule has 0 saturated carbocycles. The molecule has 2 rings (SSSR count). The summed E-state index contributed by atoms with van der Waals surface area (Å²) in [7, 11) is 0. The first kappa shape index (κ1) is 20.3. The van der Waals surface area contributed by atoms with Crippen LogP contribution in [0.2, 0.25) is 0 Å². The molecule has 0 aliphatic rings. The van der Waals surface area contributed by atoms with Gasteiger partial charge in [-0.3, -0.25) is 4.79 Å². The molecule has 0 saturated heterocycles. The Morgan fingerprint density at radius 1 is 1.15 bits per heavy atom. The van der Waals surface area contributed by atoms with E-state index in [0.29, 0.717) is 30.9 Å². The van der Waals surface area contributed by atoms with Gasteiger partial charge in [0.1, 0.15) is 5.76 Å². The molecule has 1 amide bonds. The number of aliphatic carboxylic acids is 1. The number of hydrogen-bond donors (Lipinski definition) is 2. The fourth-order valence-corrected chi connectivity index (χ4v) is 2.58. The number of amides is 1. The quantitative estimate of drug-likeness (QED) is 0.655. The van der Waals surface area contributed by atoms with Crippen LogP contribution < -0.4 is 14.8 Å². The summed E-state index contributed by atoms with van der Waals surface area (Å²) < 4.78 is 16.0. The van der Waals surface area contributed by atoms with Gasteiger partial charge in [0, 0.05) is 24.1 Å². The normalized spacial score (nSPS) is 10.5. The highest BCUT2D eigenvalue weighted by molar-refractivity contribution is 5.94. The molecule has 0 aliphatic heterocycles. The molecule has 0 aliphatic carbocycles. The summed E-state index contributed by atoms with van der Waals surface area (Å²) >= 11 is 0. The number of aromatic nitrogens is 1. The van der Waals surface area contributed by atoms with Gasteiger partial charge in [0.05, 0.1) is 12.3 Å². The van der Waals surface area contributed by atoms with Crippen molar-refractivity contribution in [3.05, 3.63) is 40.8 Å². The number of carboxylic acids is 1. The van der Waals surface area contributed by atoms with E-state index in [4.69, 9.17) is 19.1 Å². The highest BCUT2D eigenvalue weighted by Crippen LogP contribution is 2.28. The van der Waals surface area contributed by atoms with Crippen molar-refractivity contribution in [1.82, 2.24) is 10.5 Å². The van der Waals surface area contributed by atoms with Crippen molar-refractivity contribution >= 4 is 11.9 Å². The first-order valence-electron chi connectivity index (χ1n) is 8.85. The largest absolute Gasteiger partial charge is 0.490 e. The smallest absolute Gasteiger partial charge is 0.341 e. The first-order chi connectivity index (χ1) is 13.0. The highest BCUT2D eigenvalue weighted by Gasteiger charge is 2.16. The molecule has 0 bridgehead atoms. The van der Waals surface area contributed by atoms with E-state index in [9.17, 15) is 9.59 Å². The average molecular weight is 376 g/mol. The second kappa shape index (κ2) is 9.61. The average Bonchev–Trinajstić information content (AvgIpc) is 3.07. The van der Waals surface area contributed by atoms with Crippen LogP contribution in [0.3, 0.4) is 0 Å². The van der Waals surface area contributed by atoms with Crippen molar-refractivity contribution in [2.24, 2.45) is 0 Å². The van der Waals surface area contributed by atoms with Crippen molar-refractivity contribution in [2.75, 3.05) is 13.2 Å². The topological polar surface area (TPSA) is 111 Å². The maximum atomic E-state index is 12.5. The Bertz CT molecular complexity index is 778. The SMILES string of the molecule is CCOc1cc(C(=O)NCc2c(CC)noc2CC)ccc1OCC(=O)O. The van der Waals surface area contributed by atoms with Gasteiger partial charge in [-0.25, -0.2) is 4.79 Å². The third-order valence-corrected chi connectivity index (χ3v) is 3.89. The lowest BCUT2D eigenvalue weighted by molar-refractivity contribution is -0.139. The third-order valence-electron chi connectivity index (χ3n) is 3.89. The summed E-state index contributed by atoms with van der Waals surface area (Å²) in [6.07, 6.45) is 1.42. The molecule has 0 fully saturated rings. The summed E-state index contributed by atoms with van der Waals surface area (Å²) in [6, 6.07) is 4.62. The van der Waals surface area contributed by atoms with E-state index in [1.54, 1.807) is 13.0 Å². The molecule has 0 atom stereocenters. The monoisotopic (exact) mass is 376 g/mol. The third kappa shape index (κ3) is 5.22. The van der Waals surface area contributed by atoms with Crippen LogP contribution >= 0.6 is 0 Å². The lowest BCUT2D eigenvalue weighted by Gasteiger charge is -2.12. The fourth-order valence-electron chi connectivity index (χ4n) is 2.58. The molecule has 146 valence electrons. The summed E-state index contributed by atoms with van der Waals surface area (Å²) in [5, 5.41) is 15.6. The maximum Gasteiger partial charge on any atom is 0.341 e. The van der Waals surface area contributed by atoms with E-state index in [0.717, 1.165) is 23.4 Å². The van der Waals surface area contributed by atoms with Gasteiger partial charge in [-0.1, -0.05) is 19.0 Å². The lowest BCUT2D eigenvalue weighted by Crippen LogP contribution is -2.23. The summed E-state index contributed by atoms with van der Waals surface area (Å²) in [4.78, 5) is 23.2. The second-order valence-electron chi connectivity index (χ2n) is 5.70. The van der Waals surface area contributed by atoms with Gasteiger partial charge in [-0.05, 0) is 31.5 Å². The molecule has 0 radical (unpaired) electrons. The number of benzene rings is 1. The van der Waals surface area contributed by atoms with Crippen LogP contribution in [0, 0.1) is 0 Å². The zero-order chi connectivity index (χ0) is 19.8. The number of nitrogens with zero attached hydrogens (tertiary/aromatic N) is 1. The number of carboxylic acid groups (broad SMARTS) is 1. The number of rotatable bonds is 10. The second-order valence-corrected chi connectivity index (χ2v) is 5.70. The minimum atomic E-state index is -1.09. The minimum absolute atomic E-state index is 0.274. The van der Waals surface area contributed by atoms with Gasteiger partial charge in [-0.15, -0.1) is 0 Å². The van der Waals surface area contributed by atoms with E-state index < -0.39 is 12.6 Å². The van der Waals surface area contributed by atoms with E-state index >= 15 is 0 Å². The predicted molar refractivity (Wildman–Crippen MR) is 97.2 cm³/mol. The van der Waals surface area contributed by atoms with Crippen LogP contribution in [-0.4, -0.2) is 35.4 Å². The van der Waals surface area contributed by atoms with Gasteiger partial charge in [0.15, 0.2) is 18.1 Å². The summed E-state index contributed by atoms with van der Waals surface area (Å²) in [6.45, 7) is 5.92. The molecule has 0 unspecified atom stereocenters. The van der Waals surface area contributed by atoms with Gasteiger partial charge >= 0.3 is 5.97 Å². The number of carbonyl (C=O) groups excluding carboxylic acids is 1. The zero-order valence-corrected chi connectivity index (χ0v) is 15.7. The Balaban J connectivity index is 2.12. The Morgan fingerprint density at radius 3 is 2.56 bits per heavy atom. The molecular formula is C19H24N2O6. The van der Waals surface area contributed by atoms with Crippen LogP contribution in [0.5, 0.6) is 11.5 Å². The van der Waals surface area contributed by atoms with Crippen LogP contribution in [0.25, 0.3) is 0 Å².